The highest BCUT2D eigenvalue weighted by Gasteiger charge is 2.20. The van der Waals surface area contributed by atoms with E-state index in [1.165, 1.54) is 0 Å². The molecule has 0 aliphatic heterocycles. The Hall–Kier alpha value is -0.0900. The number of nitrogens with one attached hydrogen (secondary N) is 1. The van der Waals surface area contributed by atoms with Crippen LogP contribution in [0.15, 0.2) is 0 Å². The van der Waals surface area contributed by atoms with Crippen molar-refractivity contribution < 1.29 is 8.42 Å². The topological polar surface area (TPSA) is 46.2 Å². The highest BCUT2D eigenvalue weighted by Crippen LogP contribution is 2.20. The molecule has 0 heterocycles. The van der Waals surface area contributed by atoms with Crippen molar-refractivity contribution in [2.45, 2.75) is 41.0 Å². The van der Waals surface area contributed by atoms with Crippen LogP contribution in [0.2, 0.25) is 0 Å². The third-order valence-electron chi connectivity index (χ3n) is 2.69. The molecule has 0 aromatic rings. The van der Waals surface area contributed by atoms with Gasteiger partial charge in [0.1, 0.15) is 9.84 Å². The number of hydrogen-bond acceptors (Lipinski definition) is 3. The fourth-order valence-electron chi connectivity index (χ4n) is 1.36. The number of hydrogen-bond donors (Lipinski definition) is 1. The van der Waals surface area contributed by atoms with E-state index in [0.717, 1.165) is 19.5 Å². The molecule has 0 saturated heterocycles. The summed E-state index contributed by atoms with van der Waals surface area (Å²) in [6.45, 7) is 12.1. The average molecular weight is 249 g/mol. The molecular formula is C12H27NO2S. The Morgan fingerprint density at radius 3 is 2.25 bits per heavy atom. The van der Waals surface area contributed by atoms with Crippen molar-refractivity contribution in [2.75, 3.05) is 24.6 Å². The zero-order valence-corrected chi connectivity index (χ0v) is 12.2. The van der Waals surface area contributed by atoms with Crippen molar-refractivity contribution in [3.05, 3.63) is 0 Å². The molecule has 0 radical (unpaired) electrons. The van der Waals surface area contributed by atoms with Crippen molar-refractivity contribution in [3.63, 3.8) is 0 Å². The van der Waals surface area contributed by atoms with Gasteiger partial charge in [-0.05, 0) is 24.3 Å². The first-order chi connectivity index (χ1) is 7.18. The van der Waals surface area contributed by atoms with Gasteiger partial charge in [-0.2, -0.15) is 0 Å². The van der Waals surface area contributed by atoms with Gasteiger partial charge in [0.05, 0.1) is 5.75 Å². The van der Waals surface area contributed by atoms with Crippen LogP contribution in [-0.4, -0.2) is 33.0 Å². The highest BCUT2D eigenvalue weighted by atomic mass is 32.2. The maximum atomic E-state index is 11.4. The third kappa shape index (κ3) is 8.11. The lowest BCUT2D eigenvalue weighted by Crippen LogP contribution is -2.33. The Morgan fingerprint density at radius 2 is 1.81 bits per heavy atom. The first kappa shape index (κ1) is 15.9. The van der Waals surface area contributed by atoms with Gasteiger partial charge in [0.15, 0.2) is 0 Å². The number of sulfone groups is 1. The summed E-state index contributed by atoms with van der Waals surface area (Å²) in [6, 6.07) is 0. The Balaban J connectivity index is 3.96. The third-order valence-corrected chi connectivity index (χ3v) is 4.39. The Morgan fingerprint density at radius 1 is 1.25 bits per heavy atom. The molecule has 0 aliphatic carbocycles. The summed E-state index contributed by atoms with van der Waals surface area (Å²) in [4.78, 5) is 0. The molecule has 1 N–H and O–H groups in total. The van der Waals surface area contributed by atoms with Crippen LogP contribution >= 0.6 is 0 Å². The molecular weight excluding hydrogens is 222 g/mol. The second-order valence-electron chi connectivity index (χ2n) is 5.68. The maximum Gasteiger partial charge on any atom is 0.150 e. The van der Waals surface area contributed by atoms with Crippen LogP contribution in [0.25, 0.3) is 0 Å². The van der Waals surface area contributed by atoms with Gasteiger partial charge >= 0.3 is 0 Å². The van der Waals surface area contributed by atoms with E-state index in [9.17, 15) is 8.42 Å². The van der Waals surface area contributed by atoms with E-state index in [1.54, 1.807) is 6.92 Å². The highest BCUT2D eigenvalue weighted by molar-refractivity contribution is 7.91. The van der Waals surface area contributed by atoms with Crippen LogP contribution in [0.4, 0.5) is 0 Å². The van der Waals surface area contributed by atoms with Gasteiger partial charge in [-0.25, -0.2) is 8.42 Å². The van der Waals surface area contributed by atoms with Crippen LogP contribution < -0.4 is 5.32 Å². The van der Waals surface area contributed by atoms with Crippen LogP contribution in [0.5, 0.6) is 0 Å². The van der Waals surface area contributed by atoms with Gasteiger partial charge in [0.25, 0.3) is 0 Å². The van der Waals surface area contributed by atoms with E-state index in [2.05, 4.69) is 33.0 Å². The van der Waals surface area contributed by atoms with E-state index < -0.39 is 9.84 Å². The first-order valence-corrected chi connectivity index (χ1v) is 7.92. The summed E-state index contributed by atoms with van der Waals surface area (Å²) in [5.74, 6) is 1.19. The number of rotatable bonds is 8. The SMILES string of the molecule is CCS(=O)(=O)CCC(C)(C)CNCC(C)C. The maximum absolute atomic E-state index is 11.4. The largest absolute Gasteiger partial charge is 0.316 e. The van der Waals surface area contributed by atoms with E-state index in [-0.39, 0.29) is 11.2 Å². The van der Waals surface area contributed by atoms with Crippen LogP contribution in [0.1, 0.15) is 41.0 Å². The van der Waals surface area contributed by atoms with Gasteiger partial charge in [-0.15, -0.1) is 0 Å². The lowest BCUT2D eigenvalue weighted by atomic mass is 9.90. The summed E-state index contributed by atoms with van der Waals surface area (Å²) >= 11 is 0. The van der Waals surface area contributed by atoms with Crippen molar-refractivity contribution in [1.29, 1.82) is 0 Å². The second-order valence-corrected chi connectivity index (χ2v) is 8.15. The fourth-order valence-corrected chi connectivity index (χ4v) is 2.52. The van der Waals surface area contributed by atoms with E-state index in [4.69, 9.17) is 0 Å². The van der Waals surface area contributed by atoms with E-state index in [1.807, 2.05) is 0 Å². The summed E-state index contributed by atoms with van der Waals surface area (Å²) in [5, 5.41) is 3.38. The fraction of sp³-hybridized carbons (Fsp3) is 1.00. The van der Waals surface area contributed by atoms with Crippen molar-refractivity contribution in [1.82, 2.24) is 5.32 Å². The van der Waals surface area contributed by atoms with Crippen molar-refractivity contribution >= 4 is 9.84 Å². The summed E-state index contributed by atoms with van der Waals surface area (Å²) in [5.41, 5.74) is 0.0527. The van der Waals surface area contributed by atoms with Gasteiger partial charge in [-0.1, -0.05) is 34.6 Å². The van der Waals surface area contributed by atoms with Crippen molar-refractivity contribution in [3.8, 4) is 0 Å². The molecule has 0 atom stereocenters. The molecule has 0 aliphatic rings. The molecule has 3 nitrogen and oxygen atoms in total. The van der Waals surface area contributed by atoms with E-state index >= 15 is 0 Å². The minimum Gasteiger partial charge on any atom is -0.316 e. The average Bonchev–Trinajstić information content (AvgIpc) is 2.14. The predicted octanol–water partition coefficient (Wildman–Crippen LogP) is 2.08. The molecule has 0 saturated carbocycles. The van der Waals surface area contributed by atoms with Crippen LogP contribution in [0.3, 0.4) is 0 Å². The summed E-state index contributed by atoms with van der Waals surface area (Å²) in [7, 11) is -2.82. The molecule has 0 spiro atoms. The van der Waals surface area contributed by atoms with Gasteiger partial charge in [0, 0.05) is 12.3 Å². The minimum atomic E-state index is -2.82. The van der Waals surface area contributed by atoms with Crippen molar-refractivity contribution in [2.24, 2.45) is 11.3 Å². The Kier molecular flexibility index (Phi) is 6.56. The Labute approximate surface area is 101 Å². The smallest absolute Gasteiger partial charge is 0.150 e. The zero-order chi connectivity index (χ0) is 12.8. The molecule has 0 unspecified atom stereocenters. The van der Waals surface area contributed by atoms with Crippen LogP contribution in [0, 0.1) is 11.3 Å². The molecule has 0 aromatic heterocycles. The molecule has 4 heteroatoms. The summed E-state index contributed by atoms with van der Waals surface area (Å²) in [6.07, 6.45) is 0.730. The van der Waals surface area contributed by atoms with E-state index in [0.29, 0.717) is 11.7 Å². The standard InChI is InChI=1S/C12H27NO2S/c1-6-16(14,15)8-7-12(4,5)10-13-9-11(2)3/h11,13H,6-10H2,1-5H3. The molecule has 16 heavy (non-hydrogen) atoms. The molecule has 0 fully saturated rings. The second kappa shape index (κ2) is 6.60. The summed E-state index contributed by atoms with van der Waals surface area (Å²) < 4.78 is 22.8. The molecule has 0 rings (SSSR count). The molecule has 0 aromatic carbocycles. The normalized spacial score (nSPS) is 13.4. The molecule has 0 bridgehead atoms. The monoisotopic (exact) mass is 249 g/mol. The molecule has 0 amide bonds. The minimum absolute atomic E-state index is 0.0527. The molecule has 98 valence electrons. The lowest BCUT2D eigenvalue weighted by Gasteiger charge is -2.25. The lowest BCUT2D eigenvalue weighted by molar-refractivity contribution is 0.321. The van der Waals surface area contributed by atoms with Gasteiger partial charge in [0.2, 0.25) is 0 Å². The predicted molar refractivity (Wildman–Crippen MR) is 70.4 cm³/mol. The van der Waals surface area contributed by atoms with Crippen LogP contribution in [-0.2, 0) is 9.84 Å². The zero-order valence-electron chi connectivity index (χ0n) is 11.3. The first-order valence-electron chi connectivity index (χ1n) is 6.09. The van der Waals surface area contributed by atoms with Gasteiger partial charge in [-0.3, -0.25) is 0 Å². The Bertz CT molecular complexity index is 281. The quantitative estimate of drug-likeness (QED) is 0.716. The van der Waals surface area contributed by atoms with Gasteiger partial charge < -0.3 is 5.32 Å².